The summed E-state index contributed by atoms with van der Waals surface area (Å²) in [5, 5.41) is 7.12. The van der Waals surface area contributed by atoms with Crippen LogP contribution in [0.15, 0.2) is 89.5 Å². The SMILES string of the molecule is C[C@@H](CCc1ccccc1)NC(=O)CCc1nc(-c2ccc(-c3ccccc3)cc2)no1. The Morgan fingerprint density at radius 3 is 2.19 bits per heavy atom. The summed E-state index contributed by atoms with van der Waals surface area (Å²) in [6, 6.07) is 28.7. The molecule has 0 aliphatic rings. The lowest BCUT2D eigenvalue weighted by molar-refractivity contribution is -0.121. The van der Waals surface area contributed by atoms with Gasteiger partial charge in [-0.15, -0.1) is 0 Å². The van der Waals surface area contributed by atoms with Crippen molar-refractivity contribution in [1.29, 1.82) is 0 Å². The predicted molar refractivity (Wildman–Crippen MR) is 126 cm³/mol. The third kappa shape index (κ3) is 5.91. The molecule has 4 rings (SSSR count). The average Bonchev–Trinajstić information content (AvgIpc) is 3.32. The first-order valence-electron chi connectivity index (χ1n) is 11.0. The van der Waals surface area contributed by atoms with Crippen LogP contribution in [0, 0.1) is 0 Å². The number of carbonyl (C=O) groups is 1. The molecule has 0 saturated carbocycles. The van der Waals surface area contributed by atoms with Gasteiger partial charge in [0.25, 0.3) is 0 Å². The maximum Gasteiger partial charge on any atom is 0.227 e. The molecule has 0 bridgehead atoms. The van der Waals surface area contributed by atoms with Gasteiger partial charge < -0.3 is 9.84 Å². The standard InChI is InChI=1S/C27H27N3O2/c1-20(12-13-21-8-4-2-5-9-21)28-25(31)18-19-26-29-27(30-32-26)24-16-14-23(15-17-24)22-10-6-3-7-11-22/h2-11,14-17,20H,12-13,18-19H2,1H3,(H,28,31)/t20-/m0/s1. The van der Waals surface area contributed by atoms with Crippen LogP contribution in [0.2, 0.25) is 0 Å². The number of hydrogen-bond acceptors (Lipinski definition) is 4. The number of nitrogens with one attached hydrogen (secondary N) is 1. The fourth-order valence-corrected chi connectivity index (χ4v) is 3.58. The van der Waals surface area contributed by atoms with Crippen molar-refractivity contribution in [2.45, 2.75) is 38.6 Å². The Morgan fingerprint density at radius 1 is 0.844 bits per heavy atom. The van der Waals surface area contributed by atoms with E-state index >= 15 is 0 Å². The number of nitrogens with zero attached hydrogens (tertiary/aromatic N) is 2. The lowest BCUT2D eigenvalue weighted by Gasteiger charge is -2.13. The number of aryl methyl sites for hydroxylation is 2. The van der Waals surface area contributed by atoms with Crippen LogP contribution < -0.4 is 5.32 Å². The minimum Gasteiger partial charge on any atom is -0.354 e. The summed E-state index contributed by atoms with van der Waals surface area (Å²) in [4.78, 5) is 16.7. The van der Waals surface area contributed by atoms with Gasteiger partial charge in [0.1, 0.15) is 0 Å². The van der Waals surface area contributed by atoms with Crippen molar-refractivity contribution in [3.8, 4) is 22.5 Å². The minimum absolute atomic E-state index is 0.00229. The molecule has 1 heterocycles. The van der Waals surface area contributed by atoms with Gasteiger partial charge >= 0.3 is 0 Å². The topological polar surface area (TPSA) is 68.0 Å². The monoisotopic (exact) mass is 425 g/mol. The Kier molecular flexibility index (Phi) is 7.08. The molecular formula is C27H27N3O2. The fraction of sp³-hybridized carbons (Fsp3) is 0.222. The van der Waals surface area contributed by atoms with Crippen LogP contribution in [0.25, 0.3) is 22.5 Å². The van der Waals surface area contributed by atoms with E-state index in [0.717, 1.165) is 29.5 Å². The normalized spacial score (nSPS) is 11.8. The van der Waals surface area contributed by atoms with E-state index in [2.05, 4.69) is 39.7 Å². The molecule has 5 nitrogen and oxygen atoms in total. The molecule has 1 amide bonds. The van der Waals surface area contributed by atoms with Crippen molar-refractivity contribution < 1.29 is 9.32 Å². The van der Waals surface area contributed by atoms with Crippen molar-refractivity contribution in [3.63, 3.8) is 0 Å². The van der Waals surface area contributed by atoms with Crippen molar-refractivity contribution in [3.05, 3.63) is 96.4 Å². The zero-order chi connectivity index (χ0) is 22.2. The number of amides is 1. The van der Waals surface area contributed by atoms with Gasteiger partial charge in [0.2, 0.25) is 17.6 Å². The first-order chi connectivity index (χ1) is 15.7. The van der Waals surface area contributed by atoms with Crippen LogP contribution in [-0.4, -0.2) is 22.1 Å². The van der Waals surface area contributed by atoms with E-state index in [1.165, 1.54) is 5.56 Å². The summed E-state index contributed by atoms with van der Waals surface area (Å²) in [5.41, 5.74) is 4.47. The highest BCUT2D eigenvalue weighted by molar-refractivity contribution is 5.76. The van der Waals surface area contributed by atoms with Gasteiger partial charge in [-0.3, -0.25) is 4.79 Å². The molecule has 0 aliphatic heterocycles. The van der Waals surface area contributed by atoms with Crippen LogP contribution in [-0.2, 0) is 17.6 Å². The maximum atomic E-state index is 12.3. The first-order valence-corrected chi connectivity index (χ1v) is 11.0. The molecule has 32 heavy (non-hydrogen) atoms. The largest absolute Gasteiger partial charge is 0.354 e. The van der Waals surface area contributed by atoms with Crippen LogP contribution >= 0.6 is 0 Å². The molecule has 5 heteroatoms. The molecule has 0 saturated heterocycles. The van der Waals surface area contributed by atoms with Gasteiger partial charge in [0, 0.05) is 24.4 Å². The van der Waals surface area contributed by atoms with E-state index in [4.69, 9.17) is 4.52 Å². The van der Waals surface area contributed by atoms with Gasteiger partial charge in [-0.2, -0.15) is 4.98 Å². The minimum atomic E-state index is -0.00229. The smallest absolute Gasteiger partial charge is 0.227 e. The zero-order valence-electron chi connectivity index (χ0n) is 18.2. The second kappa shape index (κ2) is 10.5. The Labute approximate surface area is 188 Å². The number of rotatable bonds is 9. The van der Waals surface area contributed by atoms with Gasteiger partial charge in [-0.05, 0) is 36.5 Å². The average molecular weight is 426 g/mol. The van der Waals surface area contributed by atoms with E-state index in [1.807, 2.05) is 67.6 Å². The lowest BCUT2D eigenvalue weighted by atomic mass is 10.0. The Hall–Kier alpha value is -3.73. The van der Waals surface area contributed by atoms with Crippen molar-refractivity contribution in [2.75, 3.05) is 0 Å². The summed E-state index contributed by atoms with van der Waals surface area (Å²) in [5.74, 6) is 1.01. The number of benzene rings is 3. The van der Waals surface area contributed by atoms with Gasteiger partial charge in [-0.25, -0.2) is 0 Å². The molecule has 1 N–H and O–H groups in total. The zero-order valence-corrected chi connectivity index (χ0v) is 18.2. The van der Waals surface area contributed by atoms with Gasteiger partial charge in [0.05, 0.1) is 0 Å². The molecule has 0 unspecified atom stereocenters. The second-order valence-electron chi connectivity index (χ2n) is 7.95. The van der Waals surface area contributed by atoms with Crippen LogP contribution in [0.4, 0.5) is 0 Å². The molecular weight excluding hydrogens is 398 g/mol. The molecule has 0 aliphatic carbocycles. The van der Waals surface area contributed by atoms with Crippen molar-refractivity contribution in [2.24, 2.45) is 0 Å². The molecule has 3 aromatic carbocycles. The lowest BCUT2D eigenvalue weighted by Crippen LogP contribution is -2.33. The highest BCUT2D eigenvalue weighted by atomic mass is 16.5. The summed E-state index contributed by atoms with van der Waals surface area (Å²) in [6.45, 7) is 2.03. The highest BCUT2D eigenvalue weighted by Gasteiger charge is 2.12. The third-order valence-electron chi connectivity index (χ3n) is 5.40. The van der Waals surface area contributed by atoms with E-state index in [0.29, 0.717) is 24.6 Å². The number of carbonyl (C=O) groups excluding carboxylic acids is 1. The molecule has 0 fully saturated rings. The maximum absolute atomic E-state index is 12.3. The Morgan fingerprint density at radius 2 is 1.47 bits per heavy atom. The molecule has 0 radical (unpaired) electrons. The van der Waals surface area contributed by atoms with E-state index < -0.39 is 0 Å². The highest BCUT2D eigenvalue weighted by Crippen LogP contribution is 2.23. The van der Waals surface area contributed by atoms with E-state index in [9.17, 15) is 4.79 Å². The summed E-state index contributed by atoms with van der Waals surface area (Å²) >= 11 is 0. The number of hydrogen-bond donors (Lipinski definition) is 1. The van der Waals surface area contributed by atoms with Crippen LogP contribution in [0.3, 0.4) is 0 Å². The van der Waals surface area contributed by atoms with E-state index in [1.54, 1.807) is 0 Å². The second-order valence-corrected chi connectivity index (χ2v) is 7.95. The van der Waals surface area contributed by atoms with E-state index in [-0.39, 0.29) is 11.9 Å². The van der Waals surface area contributed by atoms with Crippen molar-refractivity contribution >= 4 is 5.91 Å². The quantitative estimate of drug-likeness (QED) is 0.386. The first kappa shape index (κ1) is 21.5. The fourth-order valence-electron chi connectivity index (χ4n) is 3.58. The van der Waals surface area contributed by atoms with Crippen LogP contribution in [0.5, 0.6) is 0 Å². The molecule has 162 valence electrons. The van der Waals surface area contributed by atoms with Gasteiger partial charge in [0.15, 0.2) is 0 Å². The summed E-state index contributed by atoms with van der Waals surface area (Å²) < 4.78 is 5.35. The molecule has 4 aromatic rings. The Balaban J connectivity index is 1.25. The molecule has 1 aromatic heterocycles. The summed E-state index contributed by atoms with van der Waals surface area (Å²) in [6.07, 6.45) is 2.59. The third-order valence-corrected chi connectivity index (χ3v) is 5.40. The number of aromatic nitrogens is 2. The van der Waals surface area contributed by atoms with Crippen LogP contribution in [0.1, 0.15) is 31.2 Å². The summed E-state index contributed by atoms with van der Waals surface area (Å²) in [7, 11) is 0. The molecule has 1 atom stereocenters. The molecule has 0 spiro atoms. The van der Waals surface area contributed by atoms with Crippen molar-refractivity contribution in [1.82, 2.24) is 15.5 Å². The Bertz CT molecular complexity index is 1120. The predicted octanol–water partition coefficient (Wildman–Crippen LogP) is 5.47. The van der Waals surface area contributed by atoms with Gasteiger partial charge in [-0.1, -0.05) is 90.1 Å².